The van der Waals surface area contributed by atoms with Crippen LogP contribution in [0.2, 0.25) is 0 Å². The van der Waals surface area contributed by atoms with Crippen LogP contribution in [0.4, 0.5) is 0 Å². The van der Waals surface area contributed by atoms with Gasteiger partial charge in [0.25, 0.3) is 5.91 Å². The highest BCUT2D eigenvalue weighted by Crippen LogP contribution is 2.07. The molecule has 0 bridgehead atoms. The van der Waals surface area contributed by atoms with Crippen LogP contribution in [0, 0.1) is 5.92 Å². The van der Waals surface area contributed by atoms with Crippen molar-refractivity contribution in [2.75, 3.05) is 0 Å². The maximum Gasteiger partial charge on any atom is 0.272 e. The van der Waals surface area contributed by atoms with Crippen LogP contribution in [0.15, 0.2) is 42.6 Å². The highest BCUT2D eigenvalue weighted by Gasteiger charge is 2.14. The van der Waals surface area contributed by atoms with Crippen molar-refractivity contribution in [2.24, 2.45) is 5.92 Å². The molecule has 0 fully saturated rings. The fourth-order valence-electron chi connectivity index (χ4n) is 1.62. The second kappa shape index (κ2) is 5.69. The Balaban J connectivity index is 2.11. The predicted octanol–water partition coefficient (Wildman–Crippen LogP) is 2.65. The lowest BCUT2D eigenvalue weighted by molar-refractivity contribution is 0.0925. The summed E-state index contributed by atoms with van der Waals surface area (Å²) in [6.45, 7) is 6.15. The average molecular weight is 257 g/mol. The molecule has 1 heterocycles. The average Bonchev–Trinajstić information content (AvgIpc) is 2.89. The molecule has 0 saturated heterocycles. The normalized spacial score (nSPS) is 12.4. The summed E-state index contributed by atoms with van der Waals surface area (Å²) in [5.74, 6) is 0.274. The number of nitrogens with zero attached hydrogens (tertiary/aromatic N) is 2. The number of para-hydroxylation sites is 1. The van der Waals surface area contributed by atoms with Crippen LogP contribution in [-0.2, 0) is 0 Å². The van der Waals surface area contributed by atoms with Crippen LogP contribution in [-0.4, -0.2) is 21.7 Å². The van der Waals surface area contributed by atoms with Gasteiger partial charge in [-0.05, 0) is 31.0 Å². The fourth-order valence-corrected chi connectivity index (χ4v) is 1.62. The van der Waals surface area contributed by atoms with Gasteiger partial charge in [0.2, 0.25) is 0 Å². The van der Waals surface area contributed by atoms with Crippen molar-refractivity contribution >= 4 is 5.91 Å². The third-order valence-corrected chi connectivity index (χ3v) is 3.20. The van der Waals surface area contributed by atoms with Crippen LogP contribution < -0.4 is 5.32 Å². The number of rotatable bonds is 4. The van der Waals surface area contributed by atoms with E-state index < -0.39 is 0 Å². The second-order valence-electron chi connectivity index (χ2n) is 4.99. The topological polar surface area (TPSA) is 46.9 Å². The van der Waals surface area contributed by atoms with Gasteiger partial charge in [-0.3, -0.25) is 4.79 Å². The number of carbonyl (C=O) groups is 1. The Hall–Kier alpha value is -2.10. The lowest BCUT2D eigenvalue weighted by Crippen LogP contribution is -2.36. The van der Waals surface area contributed by atoms with Crippen molar-refractivity contribution in [3.63, 3.8) is 0 Å². The number of carbonyl (C=O) groups excluding carboxylic acids is 1. The van der Waals surface area contributed by atoms with Crippen molar-refractivity contribution in [1.29, 1.82) is 0 Å². The summed E-state index contributed by atoms with van der Waals surface area (Å²) in [6, 6.07) is 11.6. The first-order chi connectivity index (χ1) is 9.08. The molecule has 4 nitrogen and oxygen atoms in total. The van der Waals surface area contributed by atoms with Crippen LogP contribution >= 0.6 is 0 Å². The molecule has 2 rings (SSSR count). The second-order valence-corrected chi connectivity index (χ2v) is 4.99. The first-order valence-corrected chi connectivity index (χ1v) is 6.50. The molecule has 1 aromatic carbocycles. The van der Waals surface area contributed by atoms with Crippen LogP contribution in [0.25, 0.3) is 5.69 Å². The predicted molar refractivity (Wildman–Crippen MR) is 75.3 cm³/mol. The van der Waals surface area contributed by atoms with Gasteiger partial charge in [0, 0.05) is 12.2 Å². The zero-order valence-electron chi connectivity index (χ0n) is 11.5. The molecule has 0 saturated carbocycles. The smallest absolute Gasteiger partial charge is 0.272 e. The number of aromatic nitrogens is 2. The zero-order chi connectivity index (χ0) is 13.8. The summed E-state index contributed by atoms with van der Waals surface area (Å²) >= 11 is 0. The maximum absolute atomic E-state index is 12.0. The van der Waals surface area contributed by atoms with Crippen molar-refractivity contribution in [3.05, 3.63) is 48.3 Å². The Morgan fingerprint density at radius 2 is 1.84 bits per heavy atom. The van der Waals surface area contributed by atoms with E-state index in [4.69, 9.17) is 0 Å². The minimum atomic E-state index is -0.129. The third kappa shape index (κ3) is 3.22. The Kier molecular flexibility index (Phi) is 4.00. The molecule has 0 aliphatic rings. The molecule has 2 aromatic rings. The molecule has 1 N–H and O–H groups in total. The van der Waals surface area contributed by atoms with E-state index in [9.17, 15) is 4.79 Å². The number of amides is 1. The van der Waals surface area contributed by atoms with Crippen molar-refractivity contribution in [1.82, 2.24) is 15.1 Å². The van der Waals surface area contributed by atoms with E-state index in [-0.39, 0.29) is 11.9 Å². The first kappa shape index (κ1) is 13.3. The molecule has 19 heavy (non-hydrogen) atoms. The molecular formula is C15H19N3O. The van der Waals surface area contributed by atoms with E-state index in [2.05, 4.69) is 24.3 Å². The molecule has 0 unspecified atom stereocenters. The Morgan fingerprint density at radius 3 is 2.47 bits per heavy atom. The zero-order valence-corrected chi connectivity index (χ0v) is 11.5. The van der Waals surface area contributed by atoms with E-state index in [1.807, 2.05) is 37.3 Å². The molecule has 0 aliphatic heterocycles. The van der Waals surface area contributed by atoms with Gasteiger partial charge >= 0.3 is 0 Å². The van der Waals surface area contributed by atoms with E-state index >= 15 is 0 Å². The van der Waals surface area contributed by atoms with Gasteiger partial charge in [-0.15, -0.1) is 0 Å². The highest BCUT2D eigenvalue weighted by molar-refractivity contribution is 5.92. The third-order valence-electron chi connectivity index (χ3n) is 3.20. The Morgan fingerprint density at radius 1 is 1.16 bits per heavy atom. The van der Waals surface area contributed by atoms with Crippen LogP contribution in [0.1, 0.15) is 31.3 Å². The fraction of sp³-hybridized carbons (Fsp3) is 0.333. The van der Waals surface area contributed by atoms with Gasteiger partial charge in [0.1, 0.15) is 0 Å². The molecule has 100 valence electrons. The molecule has 0 spiro atoms. The minimum Gasteiger partial charge on any atom is -0.348 e. The maximum atomic E-state index is 12.0. The summed E-state index contributed by atoms with van der Waals surface area (Å²) in [6.07, 6.45) is 1.80. The Labute approximate surface area is 113 Å². The molecule has 1 atom stereocenters. The monoisotopic (exact) mass is 257 g/mol. The van der Waals surface area contributed by atoms with Gasteiger partial charge in [0.15, 0.2) is 5.69 Å². The molecule has 0 aliphatic carbocycles. The Bertz CT molecular complexity index is 546. The van der Waals surface area contributed by atoms with E-state index in [0.29, 0.717) is 11.6 Å². The quantitative estimate of drug-likeness (QED) is 0.915. The van der Waals surface area contributed by atoms with Crippen molar-refractivity contribution < 1.29 is 4.79 Å². The summed E-state index contributed by atoms with van der Waals surface area (Å²) in [5, 5.41) is 7.24. The van der Waals surface area contributed by atoms with Crippen molar-refractivity contribution in [3.8, 4) is 5.69 Å². The standard InChI is InChI=1S/C15H19N3O/c1-11(2)12(3)16-15(19)14-9-10-18(17-14)13-7-5-4-6-8-13/h4-12H,1-3H3,(H,16,19)/t12-/m0/s1. The molecule has 4 heteroatoms. The molecule has 1 aromatic heterocycles. The van der Waals surface area contributed by atoms with E-state index in [0.717, 1.165) is 5.69 Å². The number of hydrogen-bond donors (Lipinski definition) is 1. The van der Waals surface area contributed by atoms with Gasteiger partial charge in [-0.25, -0.2) is 4.68 Å². The number of benzene rings is 1. The highest BCUT2D eigenvalue weighted by atomic mass is 16.2. The summed E-state index contributed by atoms with van der Waals surface area (Å²) in [7, 11) is 0. The first-order valence-electron chi connectivity index (χ1n) is 6.50. The van der Waals surface area contributed by atoms with E-state index in [1.54, 1.807) is 16.9 Å². The SMILES string of the molecule is CC(C)[C@H](C)NC(=O)c1ccn(-c2ccccc2)n1. The van der Waals surface area contributed by atoms with E-state index in [1.165, 1.54) is 0 Å². The van der Waals surface area contributed by atoms with Gasteiger partial charge < -0.3 is 5.32 Å². The number of hydrogen-bond acceptors (Lipinski definition) is 2. The lowest BCUT2D eigenvalue weighted by Gasteiger charge is -2.16. The van der Waals surface area contributed by atoms with Gasteiger partial charge in [-0.2, -0.15) is 5.10 Å². The molecule has 0 radical (unpaired) electrons. The van der Waals surface area contributed by atoms with Gasteiger partial charge in [-0.1, -0.05) is 32.0 Å². The number of nitrogens with one attached hydrogen (secondary N) is 1. The van der Waals surface area contributed by atoms with Crippen molar-refractivity contribution in [2.45, 2.75) is 26.8 Å². The summed E-state index contributed by atoms with van der Waals surface area (Å²) in [4.78, 5) is 12.0. The largest absolute Gasteiger partial charge is 0.348 e. The summed E-state index contributed by atoms with van der Waals surface area (Å²) in [5.41, 5.74) is 1.38. The minimum absolute atomic E-state index is 0.129. The van der Waals surface area contributed by atoms with Gasteiger partial charge in [0.05, 0.1) is 5.69 Å². The lowest BCUT2D eigenvalue weighted by atomic mass is 10.1. The van der Waals surface area contributed by atoms with Crippen LogP contribution in [0.3, 0.4) is 0 Å². The molecule has 1 amide bonds. The van der Waals surface area contributed by atoms with Crippen LogP contribution in [0.5, 0.6) is 0 Å². The summed E-state index contributed by atoms with van der Waals surface area (Å²) < 4.78 is 1.70. The molecular weight excluding hydrogens is 238 g/mol.